The fourth-order valence-corrected chi connectivity index (χ4v) is 8.90. The predicted molar refractivity (Wildman–Crippen MR) is 138 cm³/mol. The Kier molecular flexibility index (Phi) is 8.17. The summed E-state index contributed by atoms with van der Waals surface area (Å²) in [5.41, 5.74) is 2.90. The lowest BCUT2D eigenvalue weighted by Gasteiger charge is -2.58. The molecule has 184 valence electrons. The maximum atomic E-state index is 6.34. The van der Waals surface area contributed by atoms with Gasteiger partial charge in [0.2, 0.25) is 0 Å². The van der Waals surface area contributed by atoms with Crippen molar-refractivity contribution < 1.29 is 4.74 Å². The van der Waals surface area contributed by atoms with Gasteiger partial charge in [0.15, 0.2) is 0 Å². The minimum Gasteiger partial charge on any atom is -0.378 e. The van der Waals surface area contributed by atoms with E-state index in [9.17, 15) is 0 Å². The molecule has 0 heterocycles. The molecule has 1 heteroatoms. The summed E-state index contributed by atoms with van der Waals surface area (Å²) in [6, 6.07) is 0. The van der Waals surface area contributed by atoms with Crippen LogP contribution < -0.4 is 0 Å². The molecule has 0 bridgehead atoms. The van der Waals surface area contributed by atoms with E-state index in [1.165, 1.54) is 96.3 Å². The van der Waals surface area contributed by atoms with E-state index in [2.05, 4.69) is 40.7 Å². The van der Waals surface area contributed by atoms with Gasteiger partial charge >= 0.3 is 0 Å². The van der Waals surface area contributed by atoms with Crippen LogP contribution in [-0.2, 0) is 4.74 Å². The van der Waals surface area contributed by atoms with Gasteiger partial charge in [0.25, 0.3) is 0 Å². The zero-order chi connectivity index (χ0) is 22.8. The van der Waals surface area contributed by atoms with Gasteiger partial charge < -0.3 is 4.74 Å². The minimum absolute atomic E-state index is 0.475. The molecule has 4 aliphatic carbocycles. The van der Waals surface area contributed by atoms with Crippen molar-refractivity contribution in [2.45, 2.75) is 137 Å². The molecule has 0 aliphatic heterocycles. The third kappa shape index (κ3) is 4.89. The number of hydrogen-bond acceptors (Lipinski definition) is 1. The van der Waals surface area contributed by atoms with E-state index >= 15 is 0 Å². The zero-order valence-corrected chi connectivity index (χ0v) is 22.3. The monoisotopic (exact) mass is 442 g/mol. The average molecular weight is 443 g/mol. The van der Waals surface area contributed by atoms with Crippen LogP contribution in [0.15, 0.2) is 11.6 Å². The Morgan fingerprint density at radius 1 is 0.969 bits per heavy atom. The van der Waals surface area contributed by atoms with E-state index in [-0.39, 0.29) is 0 Å². The first-order valence-corrected chi connectivity index (χ1v) is 14.7. The van der Waals surface area contributed by atoms with Crippen LogP contribution in [-0.4, -0.2) is 12.7 Å². The number of rotatable bonds is 10. The van der Waals surface area contributed by atoms with Crippen LogP contribution in [0.5, 0.6) is 0 Å². The standard InChI is InChI=1S/C31H54O/c1-6-7-10-21-32-26-17-19-31(5)25(22-26)13-15-27-28-16-14-24(12-9-8-11-23(2)3)30(28,4)20-18-29(27)31/h13,23-24,26-29H,6-12,14-22H2,1-5H3. The van der Waals surface area contributed by atoms with E-state index < -0.39 is 0 Å². The van der Waals surface area contributed by atoms with Crippen molar-refractivity contribution in [3.63, 3.8) is 0 Å². The van der Waals surface area contributed by atoms with Crippen molar-refractivity contribution in [3.8, 4) is 0 Å². The van der Waals surface area contributed by atoms with Crippen molar-refractivity contribution in [1.82, 2.24) is 0 Å². The van der Waals surface area contributed by atoms with Gasteiger partial charge in [0.1, 0.15) is 0 Å². The Bertz CT molecular complexity index is 634. The van der Waals surface area contributed by atoms with Crippen molar-refractivity contribution in [1.29, 1.82) is 0 Å². The van der Waals surface area contributed by atoms with Gasteiger partial charge in [-0.25, -0.2) is 0 Å². The Hall–Kier alpha value is -0.300. The highest BCUT2D eigenvalue weighted by molar-refractivity contribution is 5.25. The molecule has 0 radical (unpaired) electrons. The Labute approximate surface area is 200 Å². The van der Waals surface area contributed by atoms with Crippen LogP contribution in [0.4, 0.5) is 0 Å². The first-order valence-electron chi connectivity index (χ1n) is 14.7. The molecule has 0 aromatic rings. The molecular weight excluding hydrogens is 388 g/mol. The molecule has 3 saturated carbocycles. The normalized spacial score (nSPS) is 41.2. The van der Waals surface area contributed by atoms with Crippen LogP contribution in [0, 0.1) is 40.4 Å². The van der Waals surface area contributed by atoms with Crippen molar-refractivity contribution in [3.05, 3.63) is 11.6 Å². The van der Waals surface area contributed by atoms with Crippen LogP contribution in [0.3, 0.4) is 0 Å². The van der Waals surface area contributed by atoms with Gasteiger partial charge in [0, 0.05) is 6.61 Å². The maximum absolute atomic E-state index is 6.34. The number of ether oxygens (including phenoxy) is 1. The quantitative estimate of drug-likeness (QED) is 0.242. The van der Waals surface area contributed by atoms with Crippen molar-refractivity contribution in [2.24, 2.45) is 40.4 Å². The van der Waals surface area contributed by atoms with Crippen molar-refractivity contribution >= 4 is 0 Å². The minimum atomic E-state index is 0.475. The summed E-state index contributed by atoms with van der Waals surface area (Å²) in [6.45, 7) is 13.4. The topological polar surface area (TPSA) is 9.23 Å². The van der Waals surface area contributed by atoms with E-state index in [0.717, 1.165) is 36.2 Å². The highest BCUT2D eigenvalue weighted by atomic mass is 16.5. The molecular formula is C31H54O. The molecule has 0 N–H and O–H groups in total. The maximum Gasteiger partial charge on any atom is 0.0612 e. The average Bonchev–Trinajstić information content (AvgIpc) is 3.10. The summed E-state index contributed by atoms with van der Waals surface area (Å²) in [5.74, 6) is 4.78. The number of hydrogen-bond donors (Lipinski definition) is 0. The number of allylic oxidation sites excluding steroid dienone is 1. The van der Waals surface area contributed by atoms with Gasteiger partial charge in [0.05, 0.1) is 6.10 Å². The summed E-state index contributed by atoms with van der Waals surface area (Å²) in [4.78, 5) is 0. The lowest BCUT2D eigenvalue weighted by atomic mass is 9.47. The largest absolute Gasteiger partial charge is 0.378 e. The molecule has 0 aromatic heterocycles. The van der Waals surface area contributed by atoms with Gasteiger partial charge in [-0.3, -0.25) is 0 Å². The first kappa shape index (κ1) is 24.8. The first-order chi connectivity index (χ1) is 15.4. The summed E-state index contributed by atoms with van der Waals surface area (Å²) in [6.07, 6.45) is 24.2. The molecule has 0 saturated heterocycles. The van der Waals surface area contributed by atoms with E-state index in [4.69, 9.17) is 4.74 Å². The van der Waals surface area contributed by atoms with Crippen LogP contribution in [0.2, 0.25) is 0 Å². The lowest BCUT2D eigenvalue weighted by molar-refractivity contribution is -0.0589. The molecule has 7 atom stereocenters. The van der Waals surface area contributed by atoms with Gasteiger partial charge in [-0.1, -0.05) is 78.4 Å². The summed E-state index contributed by atoms with van der Waals surface area (Å²) < 4.78 is 6.34. The van der Waals surface area contributed by atoms with Crippen molar-refractivity contribution in [2.75, 3.05) is 6.61 Å². The number of unbranched alkanes of at least 4 members (excludes halogenated alkanes) is 3. The predicted octanol–water partition coefficient (Wildman–Crippen LogP) is 9.36. The van der Waals surface area contributed by atoms with Crippen LogP contribution >= 0.6 is 0 Å². The second-order valence-corrected chi connectivity index (χ2v) is 13.2. The number of fused-ring (bicyclic) bond motifs is 5. The Morgan fingerprint density at radius 2 is 1.81 bits per heavy atom. The second kappa shape index (κ2) is 10.5. The highest BCUT2D eigenvalue weighted by Gasteiger charge is 2.58. The highest BCUT2D eigenvalue weighted by Crippen LogP contribution is 2.66. The molecule has 4 rings (SSSR count). The molecule has 0 aromatic carbocycles. The van der Waals surface area contributed by atoms with E-state index in [1.54, 1.807) is 5.57 Å². The molecule has 4 aliphatic rings. The Morgan fingerprint density at radius 3 is 2.59 bits per heavy atom. The van der Waals surface area contributed by atoms with E-state index in [0.29, 0.717) is 16.9 Å². The molecule has 7 unspecified atom stereocenters. The van der Waals surface area contributed by atoms with Gasteiger partial charge in [-0.15, -0.1) is 0 Å². The zero-order valence-electron chi connectivity index (χ0n) is 22.3. The smallest absolute Gasteiger partial charge is 0.0612 e. The summed E-state index contributed by atoms with van der Waals surface area (Å²) in [5, 5.41) is 0. The van der Waals surface area contributed by atoms with Crippen LogP contribution in [0.25, 0.3) is 0 Å². The molecule has 0 amide bonds. The lowest BCUT2D eigenvalue weighted by Crippen LogP contribution is -2.50. The fraction of sp³-hybridized carbons (Fsp3) is 0.935. The van der Waals surface area contributed by atoms with Crippen LogP contribution in [0.1, 0.15) is 131 Å². The third-order valence-corrected chi connectivity index (χ3v) is 10.9. The fourth-order valence-electron chi connectivity index (χ4n) is 8.90. The second-order valence-electron chi connectivity index (χ2n) is 13.2. The summed E-state index contributed by atoms with van der Waals surface area (Å²) in [7, 11) is 0. The van der Waals surface area contributed by atoms with Gasteiger partial charge in [-0.2, -0.15) is 0 Å². The molecule has 0 spiro atoms. The third-order valence-electron chi connectivity index (χ3n) is 10.9. The SMILES string of the molecule is CCCCCOC1CCC2(C)C(=CCC3C2CCC2(C)C(CCCCC(C)C)CCC32)C1. The summed E-state index contributed by atoms with van der Waals surface area (Å²) >= 11 is 0. The van der Waals surface area contributed by atoms with E-state index in [1.807, 2.05) is 0 Å². The Balaban J connectivity index is 1.37. The van der Waals surface area contributed by atoms with Gasteiger partial charge in [-0.05, 0) is 105 Å². The molecule has 3 fully saturated rings. The molecule has 1 nitrogen and oxygen atoms in total. The molecule has 32 heavy (non-hydrogen) atoms.